The van der Waals surface area contributed by atoms with Crippen LogP contribution in [0.4, 0.5) is 5.82 Å². The highest BCUT2D eigenvalue weighted by Gasteiger charge is 2.30. The Kier molecular flexibility index (Phi) is 3.85. The molecule has 132 valence electrons. The first-order valence-corrected chi connectivity index (χ1v) is 9.07. The lowest BCUT2D eigenvalue weighted by atomic mass is 9.92. The third-order valence-electron chi connectivity index (χ3n) is 5.01. The SMILES string of the molecule is CC(C)(C)c1ccc(N2CC(Cn3nc(C4CC4)ccc3=O)C2)nn1. The molecule has 2 aromatic rings. The van der Waals surface area contributed by atoms with Crippen LogP contribution in [0.1, 0.15) is 50.9 Å². The van der Waals surface area contributed by atoms with Gasteiger partial charge in [-0.2, -0.15) is 10.2 Å². The van der Waals surface area contributed by atoms with E-state index >= 15 is 0 Å². The van der Waals surface area contributed by atoms with Gasteiger partial charge in [0.2, 0.25) is 0 Å². The summed E-state index contributed by atoms with van der Waals surface area (Å²) in [6.07, 6.45) is 2.40. The van der Waals surface area contributed by atoms with Crippen molar-refractivity contribution < 1.29 is 0 Å². The molecule has 6 heteroatoms. The summed E-state index contributed by atoms with van der Waals surface area (Å²) in [4.78, 5) is 14.2. The fourth-order valence-electron chi connectivity index (χ4n) is 3.20. The normalized spacial score (nSPS) is 18.3. The molecule has 2 aliphatic rings. The Bertz CT molecular complexity index is 811. The van der Waals surface area contributed by atoms with Crippen LogP contribution in [0.15, 0.2) is 29.1 Å². The molecule has 0 amide bonds. The standard InChI is InChI=1S/C19H25N5O/c1-19(2,3)16-7-8-17(21-20-16)23-10-13(11-23)12-24-18(25)9-6-15(22-24)14-4-5-14/h6-9,13-14H,4-5,10-12H2,1-3H3. The molecule has 2 aromatic heterocycles. The minimum atomic E-state index is -0.00262. The van der Waals surface area contributed by atoms with E-state index in [4.69, 9.17) is 0 Å². The van der Waals surface area contributed by atoms with Crippen LogP contribution in [-0.4, -0.2) is 33.1 Å². The molecule has 1 saturated heterocycles. The number of hydrogen-bond donors (Lipinski definition) is 0. The first kappa shape index (κ1) is 16.2. The smallest absolute Gasteiger partial charge is 0.266 e. The fourth-order valence-corrected chi connectivity index (χ4v) is 3.20. The van der Waals surface area contributed by atoms with Gasteiger partial charge in [-0.1, -0.05) is 20.8 Å². The van der Waals surface area contributed by atoms with Crippen molar-refractivity contribution in [1.82, 2.24) is 20.0 Å². The van der Waals surface area contributed by atoms with Gasteiger partial charge in [0.1, 0.15) is 0 Å². The molecular formula is C19H25N5O. The number of nitrogens with zero attached hydrogens (tertiary/aromatic N) is 5. The van der Waals surface area contributed by atoms with Gasteiger partial charge in [0.15, 0.2) is 5.82 Å². The lowest BCUT2D eigenvalue weighted by Crippen LogP contribution is -2.50. The molecule has 0 N–H and O–H groups in total. The van der Waals surface area contributed by atoms with Crippen LogP contribution in [0, 0.1) is 5.92 Å². The van der Waals surface area contributed by atoms with Gasteiger partial charge < -0.3 is 4.90 Å². The second-order valence-electron chi connectivity index (χ2n) is 8.35. The van der Waals surface area contributed by atoms with Gasteiger partial charge in [0.25, 0.3) is 5.56 Å². The summed E-state index contributed by atoms with van der Waals surface area (Å²) in [5, 5.41) is 13.3. The van der Waals surface area contributed by atoms with Crippen molar-refractivity contribution in [3.63, 3.8) is 0 Å². The average molecular weight is 339 g/mol. The van der Waals surface area contributed by atoms with Crippen molar-refractivity contribution in [2.24, 2.45) is 5.92 Å². The largest absolute Gasteiger partial charge is 0.354 e. The van der Waals surface area contributed by atoms with E-state index in [-0.39, 0.29) is 11.0 Å². The number of aromatic nitrogens is 4. The zero-order valence-corrected chi connectivity index (χ0v) is 15.1. The third kappa shape index (κ3) is 3.43. The molecule has 0 bridgehead atoms. The van der Waals surface area contributed by atoms with E-state index in [9.17, 15) is 4.79 Å². The Morgan fingerprint density at radius 2 is 1.84 bits per heavy atom. The molecule has 0 aromatic carbocycles. The Morgan fingerprint density at radius 1 is 1.08 bits per heavy atom. The zero-order chi connectivity index (χ0) is 17.6. The number of hydrogen-bond acceptors (Lipinski definition) is 5. The van der Waals surface area contributed by atoms with E-state index in [1.54, 1.807) is 10.7 Å². The second kappa shape index (κ2) is 5.93. The highest BCUT2D eigenvalue weighted by Crippen LogP contribution is 2.38. The van der Waals surface area contributed by atoms with Crippen molar-refractivity contribution in [3.05, 3.63) is 46.0 Å². The minimum Gasteiger partial charge on any atom is -0.354 e. The Balaban J connectivity index is 1.38. The molecular weight excluding hydrogens is 314 g/mol. The summed E-state index contributed by atoms with van der Waals surface area (Å²) >= 11 is 0. The van der Waals surface area contributed by atoms with Crippen LogP contribution in [0.2, 0.25) is 0 Å². The van der Waals surface area contributed by atoms with Crippen molar-refractivity contribution in [1.29, 1.82) is 0 Å². The second-order valence-corrected chi connectivity index (χ2v) is 8.35. The van der Waals surface area contributed by atoms with Crippen molar-refractivity contribution in [2.75, 3.05) is 18.0 Å². The predicted molar refractivity (Wildman–Crippen MR) is 96.9 cm³/mol. The van der Waals surface area contributed by atoms with Gasteiger partial charge in [-0.05, 0) is 31.0 Å². The quantitative estimate of drug-likeness (QED) is 0.855. The maximum absolute atomic E-state index is 12.0. The van der Waals surface area contributed by atoms with Gasteiger partial charge in [-0.25, -0.2) is 4.68 Å². The first-order valence-electron chi connectivity index (χ1n) is 9.07. The third-order valence-corrected chi connectivity index (χ3v) is 5.01. The highest BCUT2D eigenvalue weighted by atomic mass is 16.1. The predicted octanol–water partition coefficient (Wildman–Crippen LogP) is 2.34. The van der Waals surface area contributed by atoms with Crippen LogP contribution in [0.3, 0.4) is 0 Å². The molecule has 0 radical (unpaired) electrons. The molecule has 0 atom stereocenters. The van der Waals surface area contributed by atoms with Gasteiger partial charge in [-0.3, -0.25) is 4.79 Å². The summed E-state index contributed by atoms with van der Waals surface area (Å²) in [6, 6.07) is 7.65. The van der Waals surface area contributed by atoms with Gasteiger partial charge in [0, 0.05) is 36.4 Å². The van der Waals surface area contributed by atoms with E-state index in [2.05, 4.69) is 47.0 Å². The Morgan fingerprint density at radius 3 is 2.44 bits per heavy atom. The molecule has 2 fully saturated rings. The maximum atomic E-state index is 12.0. The summed E-state index contributed by atoms with van der Waals surface area (Å²) < 4.78 is 1.64. The van der Waals surface area contributed by atoms with Crippen molar-refractivity contribution >= 4 is 5.82 Å². The monoisotopic (exact) mass is 339 g/mol. The maximum Gasteiger partial charge on any atom is 0.266 e. The molecule has 4 rings (SSSR count). The first-order chi connectivity index (χ1) is 11.9. The summed E-state index contributed by atoms with van der Waals surface area (Å²) in [7, 11) is 0. The van der Waals surface area contributed by atoms with Crippen LogP contribution in [-0.2, 0) is 12.0 Å². The number of anilines is 1. The molecule has 1 aliphatic heterocycles. The van der Waals surface area contributed by atoms with Crippen LogP contribution >= 0.6 is 0 Å². The van der Waals surface area contributed by atoms with Crippen LogP contribution < -0.4 is 10.5 Å². The van der Waals surface area contributed by atoms with Crippen LogP contribution in [0.5, 0.6) is 0 Å². The Labute approximate surface area is 147 Å². The van der Waals surface area contributed by atoms with Gasteiger partial charge in [-0.15, -0.1) is 5.10 Å². The molecule has 3 heterocycles. The summed E-state index contributed by atoms with van der Waals surface area (Å²) in [5.41, 5.74) is 2.08. The lowest BCUT2D eigenvalue weighted by molar-refractivity contribution is 0.330. The molecule has 1 saturated carbocycles. The van der Waals surface area contributed by atoms with E-state index < -0.39 is 0 Å². The molecule has 1 aliphatic carbocycles. The minimum absolute atomic E-state index is 0.00262. The summed E-state index contributed by atoms with van der Waals surface area (Å²) in [5.74, 6) is 1.92. The van der Waals surface area contributed by atoms with E-state index in [0.717, 1.165) is 30.3 Å². The van der Waals surface area contributed by atoms with E-state index in [0.29, 0.717) is 18.4 Å². The van der Waals surface area contributed by atoms with E-state index in [1.165, 1.54) is 12.8 Å². The molecule has 25 heavy (non-hydrogen) atoms. The van der Waals surface area contributed by atoms with Gasteiger partial charge >= 0.3 is 0 Å². The van der Waals surface area contributed by atoms with Crippen molar-refractivity contribution in [3.8, 4) is 0 Å². The van der Waals surface area contributed by atoms with Crippen molar-refractivity contribution in [2.45, 2.75) is 51.5 Å². The molecule has 0 unspecified atom stereocenters. The highest BCUT2D eigenvalue weighted by molar-refractivity contribution is 5.41. The number of rotatable bonds is 4. The zero-order valence-electron chi connectivity index (χ0n) is 15.1. The topological polar surface area (TPSA) is 63.9 Å². The summed E-state index contributed by atoms with van der Waals surface area (Å²) in [6.45, 7) is 8.88. The molecule has 6 nitrogen and oxygen atoms in total. The lowest BCUT2D eigenvalue weighted by Gasteiger charge is -2.40. The van der Waals surface area contributed by atoms with Crippen LogP contribution in [0.25, 0.3) is 0 Å². The average Bonchev–Trinajstić information content (AvgIpc) is 3.36. The fraction of sp³-hybridized carbons (Fsp3) is 0.579. The molecule has 0 spiro atoms. The Hall–Kier alpha value is -2.24. The van der Waals surface area contributed by atoms with Gasteiger partial charge in [0.05, 0.1) is 17.9 Å². The van der Waals surface area contributed by atoms with E-state index in [1.807, 2.05) is 12.1 Å².